The molecule has 3 unspecified atom stereocenters. The van der Waals surface area contributed by atoms with E-state index < -0.39 is 24.2 Å². The predicted molar refractivity (Wildman–Crippen MR) is 185 cm³/mol. The second-order valence-electron chi connectivity index (χ2n) is 12.8. The summed E-state index contributed by atoms with van der Waals surface area (Å²) >= 11 is 0. The van der Waals surface area contributed by atoms with Gasteiger partial charge in [0, 0.05) is 0 Å². The molecule has 0 radical (unpaired) electrons. The summed E-state index contributed by atoms with van der Waals surface area (Å²) in [5, 5.41) is 32.9. The van der Waals surface area contributed by atoms with Gasteiger partial charge in [-0.25, -0.2) is 0 Å². The SMILES string of the molecule is CCCCCCCCC=CCCCCCCCC=CC(O)C(CO)NC(=O)C(O)CCCCCCCCCCCCCC. The van der Waals surface area contributed by atoms with Gasteiger partial charge < -0.3 is 20.6 Å². The van der Waals surface area contributed by atoms with Crippen molar-refractivity contribution in [2.45, 2.75) is 205 Å². The van der Waals surface area contributed by atoms with Gasteiger partial charge in [0.25, 0.3) is 0 Å². The average Bonchev–Trinajstić information content (AvgIpc) is 3.01. The van der Waals surface area contributed by atoms with Crippen molar-refractivity contribution in [1.82, 2.24) is 5.32 Å². The molecule has 0 spiro atoms. The number of carbonyl (C=O) groups is 1. The number of hydrogen-bond donors (Lipinski definition) is 4. The third-order valence-electron chi connectivity index (χ3n) is 8.54. The van der Waals surface area contributed by atoms with Crippen LogP contribution in [0.25, 0.3) is 0 Å². The van der Waals surface area contributed by atoms with Crippen LogP contribution in [0.1, 0.15) is 187 Å². The first-order chi connectivity index (χ1) is 21.1. The first kappa shape index (κ1) is 41.8. The quantitative estimate of drug-likeness (QED) is 0.0441. The maximum Gasteiger partial charge on any atom is 0.249 e. The molecule has 0 heterocycles. The molecule has 0 aromatic heterocycles. The van der Waals surface area contributed by atoms with Crippen LogP contribution in [0.4, 0.5) is 0 Å². The molecule has 43 heavy (non-hydrogen) atoms. The first-order valence-corrected chi connectivity index (χ1v) is 18.7. The Balaban J connectivity index is 3.76. The first-order valence-electron chi connectivity index (χ1n) is 18.7. The van der Waals surface area contributed by atoms with Gasteiger partial charge in [0.2, 0.25) is 5.91 Å². The van der Waals surface area contributed by atoms with Crippen molar-refractivity contribution < 1.29 is 20.1 Å². The van der Waals surface area contributed by atoms with Crippen LogP contribution < -0.4 is 5.32 Å². The zero-order chi connectivity index (χ0) is 31.6. The Kier molecular flexibility index (Phi) is 32.8. The molecule has 3 atom stereocenters. The summed E-state index contributed by atoms with van der Waals surface area (Å²) in [6, 6.07) is -0.797. The summed E-state index contributed by atoms with van der Waals surface area (Å²) in [6.45, 7) is 4.15. The number of amides is 1. The second-order valence-corrected chi connectivity index (χ2v) is 12.8. The van der Waals surface area contributed by atoms with Crippen molar-refractivity contribution in [3.05, 3.63) is 24.3 Å². The third kappa shape index (κ3) is 29.3. The van der Waals surface area contributed by atoms with Crippen LogP contribution >= 0.6 is 0 Å². The summed E-state index contributed by atoms with van der Waals surface area (Å²) < 4.78 is 0. The highest BCUT2D eigenvalue weighted by Gasteiger charge is 2.22. The Labute approximate surface area is 267 Å². The van der Waals surface area contributed by atoms with Gasteiger partial charge in [-0.3, -0.25) is 4.79 Å². The largest absolute Gasteiger partial charge is 0.394 e. The lowest BCUT2D eigenvalue weighted by atomic mass is 10.0. The van der Waals surface area contributed by atoms with Gasteiger partial charge in [0.1, 0.15) is 6.10 Å². The zero-order valence-electron chi connectivity index (χ0n) is 28.6. The van der Waals surface area contributed by atoms with Crippen LogP contribution in [0.15, 0.2) is 24.3 Å². The van der Waals surface area contributed by atoms with Crippen LogP contribution in [0.2, 0.25) is 0 Å². The van der Waals surface area contributed by atoms with Gasteiger partial charge in [-0.2, -0.15) is 0 Å². The van der Waals surface area contributed by atoms with E-state index in [2.05, 4.69) is 31.3 Å². The van der Waals surface area contributed by atoms with E-state index in [1.807, 2.05) is 6.08 Å². The average molecular weight is 608 g/mol. The molecular weight excluding hydrogens is 534 g/mol. The molecule has 0 saturated heterocycles. The fraction of sp³-hybridized carbons (Fsp3) is 0.868. The molecule has 0 rings (SSSR count). The number of allylic oxidation sites excluding steroid dienone is 3. The van der Waals surface area contributed by atoms with Gasteiger partial charge in [0.05, 0.1) is 18.8 Å². The Hall–Kier alpha value is -1.17. The topological polar surface area (TPSA) is 89.8 Å². The number of carbonyl (C=O) groups excluding carboxylic acids is 1. The van der Waals surface area contributed by atoms with Gasteiger partial charge in [-0.15, -0.1) is 0 Å². The molecule has 0 fully saturated rings. The molecule has 0 saturated carbocycles. The van der Waals surface area contributed by atoms with Gasteiger partial charge >= 0.3 is 0 Å². The van der Waals surface area contributed by atoms with E-state index in [0.717, 1.165) is 32.1 Å². The Morgan fingerprint density at radius 3 is 1.35 bits per heavy atom. The Bertz CT molecular complexity index is 635. The van der Waals surface area contributed by atoms with Gasteiger partial charge in [-0.05, 0) is 44.9 Å². The second kappa shape index (κ2) is 33.7. The standard InChI is InChI=1S/C38H73NO4/c1-3-5-7-9-11-13-15-17-18-19-20-21-23-24-26-28-30-32-36(41)35(34-40)39-38(43)37(42)33-31-29-27-25-22-16-14-12-10-8-6-4-2/h17-18,30,32,35-37,40-42H,3-16,19-29,31,33-34H2,1-2H3,(H,39,43). The third-order valence-corrected chi connectivity index (χ3v) is 8.54. The van der Waals surface area contributed by atoms with Crippen LogP contribution in [0.5, 0.6) is 0 Å². The van der Waals surface area contributed by atoms with Crippen LogP contribution in [-0.2, 0) is 4.79 Å². The summed E-state index contributed by atoms with van der Waals surface area (Å²) in [4.78, 5) is 12.4. The fourth-order valence-corrected chi connectivity index (χ4v) is 5.53. The lowest BCUT2D eigenvalue weighted by Crippen LogP contribution is -2.48. The molecule has 1 amide bonds. The van der Waals surface area contributed by atoms with E-state index in [1.54, 1.807) is 6.08 Å². The van der Waals surface area contributed by atoms with E-state index in [4.69, 9.17) is 0 Å². The lowest BCUT2D eigenvalue weighted by molar-refractivity contribution is -0.131. The lowest BCUT2D eigenvalue weighted by Gasteiger charge is -2.21. The summed E-state index contributed by atoms with van der Waals surface area (Å²) in [5.74, 6) is -0.508. The summed E-state index contributed by atoms with van der Waals surface area (Å²) in [7, 11) is 0. The van der Waals surface area contributed by atoms with Crippen molar-refractivity contribution in [2.75, 3.05) is 6.61 Å². The molecular formula is C38H73NO4. The molecule has 0 aliphatic rings. The molecule has 4 N–H and O–H groups in total. The number of rotatable bonds is 33. The summed E-state index contributed by atoms with van der Waals surface area (Å²) in [6.07, 6.45) is 39.0. The highest BCUT2D eigenvalue weighted by atomic mass is 16.3. The van der Waals surface area contributed by atoms with Crippen LogP contribution in [-0.4, -0.2) is 46.1 Å². The Morgan fingerprint density at radius 2 is 0.930 bits per heavy atom. The monoisotopic (exact) mass is 608 g/mol. The number of hydrogen-bond acceptors (Lipinski definition) is 4. The minimum absolute atomic E-state index is 0.365. The predicted octanol–water partition coefficient (Wildman–Crippen LogP) is 9.87. The maximum atomic E-state index is 12.4. The summed E-state index contributed by atoms with van der Waals surface area (Å²) in [5.41, 5.74) is 0. The van der Waals surface area contributed by atoms with Crippen molar-refractivity contribution in [3.8, 4) is 0 Å². The molecule has 5 heteroatoms. The van der Waals surface area contributed by atoms with E-state index in [0.29, 0.717) is 6.42 Å². The molecule has 5 nitrogen and oxygen atoms in total. The minimum atomic E-state index is -1.09. The van der Waals surface area contributed by atoms with Crippen molar-refractivity contribution in [1.29, 1.82) is 0 Å². The number of unbranched alkanes of at least 4 members (excludes halogenated alkanes) is 23. The molecule has 0 aliphatic carbocycles. The zero-order valence-corrected chi connectivity index (χ0v) is 28.6. The minimum Gasteiger partial charge on any atom is -0.394 e. The normalized spacial score (nSPS) is 14.1. The van der Waals surface area contributed by atoms with Crippen LogP contribution in [0, 0.1) is 0 Å². The number of aliphatic hydroxyl groups excluding tert-OH is 3. The molecule has 254 valence electrons. The van der Waals surface area contributed by atoms with Crippen molar-refractivity contribution in [3.63, 3.8) is 0 Å². The maximum absolute atomic E-state index is 12.4. The molecule has 0 aliphatic heterocycles. The van der Waals surface area contributed by atoms with Crippen molar-refractivity contribution >= 4 is 5.91 Å². The van der Waals surface area contributed by atoms with Gasteiger partial charge in [0.15, 0.2) is 0 Å². The van der Waals surface area contributed by atoms with E-state index in [1.165, 1.54) is 135 Å². The molecule has 0 bridgehead atoms. The molecule has 0 aromatic carbocycles. The highest BCUT2D eigenvalue weighted by molar-refractivity contribution is 5.80. The van der Waals surface area contributed by atoms with E-state index >= 15 is 0 Å². The fourth-order valence-electron chi connectivity index (χ4n) is 5.53. The molecule has 0 aromatic rings. The number of aliphatic hydroxyl groups is 3. The van der Waals surface area contributed by atoms with E-state index in [-0.39, 0.29) is 6.61 Å². The Morgan fingerprint density at radius 1 is 0.558 bits per heavy atom. The number of nitrogens with one attached hydrogen (secondary N) is 1. The highest BCUT2D eigenvalue weighted by Crippen LogP contribution is 2.14. The smallest absolute Gasteiger partial charge is 0.249 e. The van der Waals surface area contributed by atoms with E-state index in [9.17, 15) is 20.1 Å². The van der Waals surface area contributed by atoms with Crippen molar-refractivity contribution in [2.24, 2.45) is 0 Å². The van der Waals surface area contributed by atoms with Crippen LogP contribution in [0.3, 0.4) is 0 Å². The van der Waals surface area contributed by atoms with Gasteiger partial charge in [-0.1, -0.05) is 167 Å².